The van der Waals surface area contributed by atoms with Crippen LogP contribution >= 0.6 is 0 Å². The van der Waals surface area contributed by atoms with Crippen LogP contribution in [-0.2, 0) is 15.1 Å². The number of halogens is 1. The van der Waals surface area contributed by atoms with Crippen molar-refractivity contribution in [3.8, 4) is 28.5 Å². The first-order valence-corrected chi connectivity index (χ1v) is 14.1. The molecule has 4 aromatic rings. The van der Waals surface area contributed by atoms with Crippen molar-refractivity contribution in [3.05, 3.63) is 24.5 Å². The monoisotopic (exact) mass is 613 g/mol. The molecular formula is C28H36FN9O6. The molecule has 2 fully saturated rings. The molecule has 1 saturated carbocycles. The fourth-order valence-electron chi connectivity index (χ4n) is 4.49. The average Bonchev–Trinajstić information content (AvgIpc) is 3.57. The Morgan fingerprint density at radius 1 is 1.16 bits per heavy atom. The van der Waals surface area contributed by atoms with E-state index in [9.17, 15) is 9.18 Å². The minimum absolute atomic E-state index is 0.141. The van der Waals surface area contributed by atoms with E-state index < -0.39 is 0 Å². The minimum atomic E-state index is -0.361. The summed E-state index contributed by atoms with van der Waals surface area (Å²) in [7, 11) is 0. The van der Waals surface area contributed by atoms with Crippen molar-refractivity contribution in [2.75, 3.05) is 32.1 Å². The van der Waals surface area contributed by atoms with E-state index in [-0.39, 0.29) is 36.8 Å². The first kappa shape index (κ1) is 32.0. The SMILES string of the molecule is CCF.CCOC(=O)N1CC(Oc2cnc(-c3c(-c4nn(C(C)(C)C)c5ncnc(N)c45)noc3C3CC3)nc2)C1.O=CO. The van der Waals surface area contributed by atoms with E-state index in [1.807, 2.05) is 25.5 Å². The van der Waals surface area contributed by atoms with Gasteiger partial charge in [-0.05, 0) is 47.5 Å². The summed E-state index contributed by atoms with van der Waals surface area (Å²) in [5.74, 6) is 2.25. The quantitative estimate of drug-likeness (QED) is 0.296. The van der Waals surface area contributed by atoms with Crippen LogP contribution in [-0.4, -0.2) is 89.9 Å². The Balaban J connectivity index is 0.000000683. The second-order valence-corrected chi connectivity index (χ2v) is 10.9. The minimum Gasteiger partial charge on any atom is -0.483 e. The summed E-state index contributed by atoms with van der Waals surface area (Å²) in [5.41, 5.74) is 8.26. The molecule has 0 bridgehead atoms. The van der Waals surface area contributed by atoms with Gasteiger partial charge in [0, 0.05) is 5.92 Å². The molecule has 1 amide bonds. The number of nitrogen functional groups attached to an aromatic ring is 1. The van der Waals surface area contributed by atoms with Crippen LogP contribution in [0.3, 0.4) is 0 Å². The largest absolute Gasteiger partial charge is 0.483 e. The first-order chi connectivity index (χ1) is 21.1. The zero-order valence-corrected chi connectivity index (χ0v) is 25.2. The highest BCUT2D eigenvalue weighted by Gasteiger charge is 2.37. The number of rotatable bonds is 6. The van der Waals surface area contributed by atoms with Crippen molar-refractivity contribution in [1.82, 2.24) is 39.8 Å². The molecule has 0 spiro atoms. The molecular weight excluding hydrogens is 577 g/mol. The van der Waals surface area contributed by atoms with Crippen LogP contribution in [0, 0.1) is 0 Å². The smallest absolute Gasteiger partial charge is 0.410 e. The Labute approximate surface area is 252 Å². The van der Waals surface area contributed by atoms with E-state index in [0.29, 0.717) is 65.1 Å². The van der Waals surface area contributed by atoms with E-state index in [2.05, 4.69) is 25.1 Å². The van der Waals surface area contributed by atoms with E-state index >= 15 is 0 Å². The topological polar surface area (TPSA) is 197 Å². The van der Waals surface area contributed by atoms with Gasteiger partial charge in [-0.2, -0.15) is 5.10 Å². The van der Waals surface area contributed by atoms with Crippen LogP contribution in [0.2, 0.25) is 0 Å². The molecule has 0 aromatic carbocycles. The van der Waals surface area contributed by atoms with Crippen LogP contribution in [0.1, 0.15) is 59.1 Å². The van der Waals surface area contributed by atoms with Crippen molar-refractivity contribution >= 4 is 29.4 Å². The number of aromatic nitrogens is 7. The molecule has 16 heteroatoms. The molecule has 0 unspecified atom stereocenters. The molecule has 4 aromatic heterocycles. The maximum Gasteiger partial charge on any atom is 0.410 e. The number of amides is 1. The zero-order chi connectivity index (χ0) is 32.0. The van der Waals surface area contributed by atoms with Gasteiger partial charge in [-0.25, -0.2) is 29.4 Å². The number of likely N-dealkylation sites (tertiary alicyclic amines) is 1. The lowest BCUT2D eigenvalue weighted by Crippen LogP contribution is -2.56. The van der Waals surface area contributed by atoms with Crippen molar-refractivity contribution in [2.45, 2.75) is 65.0 Å². The van der Waals surface area contributed by atoms with Gasteiger partial charge in [-0.3, -0.25) is 9.18 Å². The maximum atomic E-state index is 11.8. The molecule has 1 saturated heterocycles. The molecule has 44 heavy (non-hydrogen) atoms. The number of fused-ring (bicyclic) bond motifs is 1. The molecule has 6 rings (SSSR count). The van der Waals surface area contributed by atoms with Crippen molar-refractivity contribution in [3.63, 3.8) is 0 Å². The van der Waals surface area contributed by atoms with Crippen molar-refractivity contribution in [2.24, 2.45) is 0 Å². The number of alkyl halides is 1. The molecule has 5 heterocycles. The molecule has 1 aliphatic heterocycles. The predicted octanol–water partition coefficient (Wildman–Crippen LogP) is 4.05. The number of hydrogen-bond donors (Lipinski definition) is 2. The molecule has 2 aliphatic rings. The lowest BCUT2D eigenvalue weighted by Gasteiger charge is -2.37. The highest BCUT2D eigenvalue weighted by Crippen LogP contribution is 2.48. The maximum absolute atomic E-state index is 11.8. The van der Waals surface area contributed by atoms with E-state index in [1.165, 1.54) is 13.3 Å². The second-order valence-electron chi connectivity index (χ2n) is 10.9. The third kappa shape index (κ3) is 6.84. The highest BCUT2D eigenvalue weighted by molar-refractivity contribution is 6.00. The van der Waals surface area contributed by atoms with Gasteiger partial charge in [0.15, 0.2) is 23.0 Å². The van der Waals surface area contributed by atoms with Gasteiger partial charge in [0.2, 0.25) is 0 Å². The van der Waals surface area contributed by atoms with E-state index in [0.717, 1.165) is 18.6 Å². The van der Waals surface area contributed by atoms with Gasteiger partial charge in [0.25, 0.3) is 6.47 Å². The number of ether oxygens (including phenoxy) is 2. The third-order valence-corrected chi connectivity index (χ3v) is 6.55. The normalized spacial score (nSPS) is 14.5. The Hall–Kier alpha value is -4.89. The molecule has 1 aliphatic carbocycles. The second kappa shape index (κ2) is 13.6. The van der Waals surface area contributed by atoms with Crippen LogP contribution < -0.4 is 10.5 Å². The van der Waals surface area contributed by atoms with E-state index in [1.54, 1.807) is 24.2 Å². The number of anilines is 1. The van der Waals surface area contributed by atoms with Crippen LogP contribution in [0.5, 0.6) is 5.75 Å². The Morgan fingerprint density at radius 3 is 2.36 bits per heavy atom. The van der Waals surface area contributed by atoms with Crippen LogP contribution in [0.25, 0.3) is 33.8 Å². The molecule has 0 radical (unpaired) electrons. The number of carboxylic acid groups (broad SMARTS) is 1. The summed E-state index contributed by atoms with van der Waals surface area (Å²) in [5, 5.41) is 16.8. The summed E-state index contributed by atoms with van der Waals surface area (Å²) in [6, 6.07) is 0. The number of nitrogens with zero attached hydrogens (tertiary/aromatic N) is 8. The van der Waals surface area contributed by atoms with Gasteiger partial charge >= 0.3 is 6.09 Å². The van der Waals surface area contributed by atoms with E-state index in [4.69, 9.17) is 34.7 Å². The summed E-state index contributed by atoms with van der Waals surface area (Å²) in [6.45, 7) is 10.1. The fourth-order valence-corrected chi connectivity index (χ4v) is 4.49. The summed E-state index contributed by atoms with van der Waals surface area (Å²) in [4.78, 5) is 39.6. The summed E-state index contributed by atoms with van der Waals surface area (Å²) < 4.78 is 28.9. The predicted molar refractivity (Wildman–Crippen MR) is 157 cm³/mol. The van der Waals surface area contributed by atoms with Gasteiger partial charge in [0.1, 0.15) is 29.6 Å². The molecule has 236 valence electrons. The number of hydrogen-bond acceptors (Lipinski definition) is 12. The lowest BCUT2D eigenvalue weighted by atomic mass is 10.1. The van der Waals surface area contributed by atoms with Crippen molar-refractivity contribution < 1.29 is 33.1 Å². The van der Waals surface area contributed by atoms with Gasteiger partial charge < -0.3 is 29.7 Å². The first-order valence-electron chi connectivity index (χ1n) is 14.1. The lowest BCUT2D eigenvalue weighted by molar-refractivity contribution is -0.122. The fraction of sp³-hybridized carbons (Fsp3) is 0.500. The average molecular weight is 614 g/mol. The Kier molecular flexibility index (Phi) is 9.90. The number of carbonyl (C=O) groups is 2. The van der Waals surface area contributed by atoms with Gasteiger partial charge in [0.05, 0.1) is 55.3 Å². The highest BCUT2D eigenvalue weighted by atomic mass is 19.1. The molecule has 15 nitrogen and oxygen atoms in total. The van der Waals surface area contributed by atoms with Crippen molar-refractivity contribution in [1.29, 1.82) is 0 Å². The van der Waals surface area contributed by atoms with Crippen LogP contribution in [0.15, 0.2) is 23.2 Å². The Bertz CT molecular complexity index is 1570. The van der Waals surface area contributed by atoms with Gasteiger partial charge in [-0.1, -0.05) is 5.16 Å². The standard InChI is InChI=1S/C25H29N9O4.C2H5F.CH2O2/c1-5-36-24(35)33-10-15(11-33)37-14-8-27-22(28-9-14)16-19(32-38-20(16)13-6-7-13)18-17-21(26)29-12-30-23(17)34(31-18)25(2,3)4;1-2-3;2-1-3/h8-9,12-13,15H,5-7,10-11H2,1-4H3,(H2,26,29,30);2H2,1H3;1H,(H,2,3). The van der Waals surface area contributed by atoms with Gasteiger partial charge in [-0.15, -0.1) is 0 Å². The number of nitrogens with two attached hydrogens (primary N) is 1. The third-order valence-electron chi connectivity index (χ3n) is 6.55. The number of carbonyl (C=O) groups excluding carboxylic acids is 1. The summed E-state index contributed by atoms with van der Waals surface area (Å²) in [6.07, 6.45) is 6.20. The summed E-state index contributed by atoms with van der Waals surface area (Å²) >= 11 is 0. The Morgan fingerprint density at radius 2 is 1.80 bits per heavy atom. The van der Waals surface area contributed by atoms with Crippen LogP contribution in [0.4, 0.5) is 15.0 Å². The molecule has 3 N–H and O–H groups in total. The zero-order valence-electron chi connectivity index (χ0n) is 25.2. The molecule has 0 atom stereocenters.